The van der Waals surface area contributed by atoms with E-state index in [1.54, 1.807) is 0 Å². The molecular weight excluding hydrogens is 200 g/mol. The van der Waals surface area contributed by atoms with Crippen molar-refractivity contribution in [2.45, 2.75) is 19.8 Å². The second kappa shape index (κ2) is 4.54. The van der Waals surface area contributed by atoms with Crippen LogP contribution < -0.4 is 5.32 Å². The Balaban J connectivity index is 3.17. The van der Waals surface area contributed by atoms with Gasteiger partial charge in [-0.3, -0.25) is 20.0 Å². The molecule has 0 aliphatic rings. The van der Waals surface area contributed by atoms with Crippen LogP contribution in [0.5, 0.6) is 0 Å². The van der Waals surface area contributed by atoms with Gasteiger partial charge >= 0.3 is 5.69 Å². The monoisotopic (exact) mass is 212 g/mol. The fourth-order valence-electron chi connectivity index (χ4n) is 1.26. The van der Waals surface area contributed by atoms with Gasteiger partial charge in [-0.25, -0.2) is 0 Å². The summed E-state index contributed by atoms with van der Waals surface area (Å²) in [5.74, 6) is -0.531. The summed E-state index contributed by atoms with van der Waals surface area (Å²) in [4.78, 5) is 21.4. The summed E-state index contributed by atoms with van der Waals surface area (Å²) in [5.41, 5.74) is 0.00301. The van der Waals surface area contributed by atoms with Gasteiger partial charge in [-0.05, 0) is 6.42 Å². The molecule has 0 saturated carbocycles. The SMILES string of the molecule is CCCc1n[nH]c(C(=O)NC)c1[N+](=O)[O-]. The van der Waals surface area contributed by atoms with Gasteiger partial charge in [0.15, 0.2) is 0 Å². The van der Waals surface area contributed by atoms with Gasteiger partial charge in [0.1, 0.15) is 5.69 Å². The van der Waals surface area contributed by atoms with Crippen LogP contribution in [0.1, 0.15) is 29.5 Å². The first-order chi connectivity index (χ1) is 7.11. The van der Waals surface area contributed by atoms with E-state index in [9.17, 15) is 14.9 Å². The number of carbonyl (C=O) groups excluding carboxylic acids is 1. The molecule has 1 heterocycles. The number of nitrogens with one attached hydrogen (secondary N) is 2. The minimum Gasteiger partial charge on any atom is -0.354 e. The molecule has 0 aromatic carbocycles. The molecule has 0 bridgehead atoms. The lowest BCUT2D eigenvalue weighted by molar-refractivity contribution is -0.385. The number of hydrogen-bond acceptors (Lipinski definition) is 4. The van der Waals surface area contributed by atoms with E-state index in [0.29, 0.717) is 12.1 Å². The van der Waals surface area contributed by atoms with Crippen molar-refractivity contribution in [1.82, 2.24) is 15.5 Å². The summed E-state index contributed by atoms with van der Waals surface area (Å²) in [5, 5.41) is 19.2. The molecule has 0 atom stereocenters. The van der Waals surface area contributed by atoms with E-state index in [0.717, 1.165) is 6.42 Å². The van der Waals surface area contributed by atoms with Crippen molar-refractivity contribution in [2.75, 3.05) is 7.05 Å². The van der Waals surface area contributed by atoms with Crippen LogP contribution in [0.3, 0.4) is 0 Å². The normalized spacial score (nSPS) is 10.0. The van der Waals surface area contributed by atoms with Crippen LogP contribution in [0.15, 0.2) is 0 Å². The van der Waals surface area contributed by atoms with Gasteiger partial charge < -0.3 is 5.32 Å². The van der Waals surface area contributed by atoms with Gasteiger partial charge in [0.05, 0.1) is 4.92 Å². The molecule has 0 fully saturated rings. The average Bonchev–Trinajstić information content (AvgIpc) is 2.61. The second-order valence-electron chi connectivity index (χ2n) is 2.98. The van der Waals surface area contributed by atoms with Crippen molar-refractivity contribution in [1.29, 1.82) is 0 Å². The van der Waals surface area contributed by atoms with Crippen LogP contribution in [-0.2, 0) is 6.42 Å². The van der Waals surface area contributed by atoms with Crippen LogP contribution in [0.2, 0.25) is 0 Å². The Morgan fingerprint density at radius 1 is 1.67 bits per heavy atom. The molecule has 1 rings (SSSR count). The zero-order chi connectivity index (χ0) is 11.4. The highest BCUT2D eigenvalue weighted by molar-refractivity contribution is 5.96. The first-order valence-electron chi connectivity index (χ1n) is 4.55. The maximum Gasteiger partial charge on any atom is 0.322 e. The first-order valence-corrected chi connectivity index (χ1v) is 4.55. The van der Waals surface area contributed by atoms with Crippen molar-refractivity contribution in [3.05, 3.63) is 21.5 Å². The quantitative estimate of drug-likeness (QED) is 0.564. The van der Waals surface area contributed by atoms with Gasteiger partial charge in [-0.2, -0.15) is 5.10 Å². The van der Waals surface area contributed by atoms with Gasteiger partial charge in [-0.1, -0.05) is 13.3 Å². The Morgan fingerprint density at radius 2 is 2.33 bits per heavy atom. The van der Waals surface area contributed by atoms with Gasteiger partial charge in [-0.15, -0.1) is 0 Å². The maximum atomic E-state index is 11.3. The van der Waals surface area contributed by atoms with E-state index in [4.69, 9.17) is 0 Å². The molecular formula is C8H12N4O3. The van der Waals surface area contributed by atoms with E-state index in [1.165, 1.54) is 7.05 Å². The van der Waals surface area contributed by atoms with E-state index in [2.05, 4.69) is 15.5 Å². The minimum atomic E-state index is -0.584. The number of carbonyl (C=O) groups is 1. The Morgan fingerprint density at radius 3 is 2.80 bits per heavy atom. The molecule has 7 heteroatoms. The van der Waals surface area contributed by atoms with Crippen molar-refractivity contribution in [3.63, 3.8) is 0 Å². The van der Waals surface area contributed by atoms with E-state index >= 15 is 0 Å². The Labute approximate surface area is 86.0 Å². The number of aromatic nitrogens is 2. The van der Waals surface area contributed by atoms with Crippen LogP contribution in [0, 0.1) is 10.1 Å². The molecule has 82 valence electrons. The van der Waals surface area contributed by atoms with Crippen LogP contribution in [-0.4, -0.2) is 28.1 Å². The average molecular weight is 212 g/mol. The highest BCUT2D eigenvalue weighted by atomic mass is 16.6. The molecule has 0 aliphatic carbocycles. The number of aryl methyl sites for hydroxylation is 1. The first kappa shape index (κ1) is 11.2. The van der Waals surface area contributed by atoms with Gasteiger partial charge in [0, 0.05) is 7.05 Å². The molecule has 0 aliphatic heterocycles. The van der Waals surface area contributed by atoms with Crippen LogP contribution in [0.25, 0.3) is 0 Å². The third-order valence-corrected chi connectivity index (χ3v) is 1.94. The summed E-state index contributed by atoms with van der Waals surface area (Å²) in [6.45, 7) is 1.89. The number of nitro groups is 1. The van der Waals surface area contributed by atoms with Gasteiger partial charge in [0.2, 0.25) is 5.69 Å². The van der Waals surface area contributed by atoms with Gasteiger partial charge in [0.25, 0.3) is 5.91 Å². The Kier molecular flexibility index (Phi) is 3.37. The van der Waals surface area contributed by atoms with Crippen LogP contribution in [0.4, 0.5) is 5.69 Å². The molecule has 0 radical (unpaired) electrons. The molecule has 0 unspecified atom stereocenters. The molecule has 7 nitrogen and oxygen atoms in total. The highest BCUT2D eigenvalue weighted by Crippen LogP contribution is 2.21. The summed E-state index contributed by atoms with van der Waals surface area (Å²) in [6.07, 6.45) is 1.21. The number of H-pyrrole nitrogens is 1. The number of hydrogen-bond donors (Lipinski definition) is 2. The number of aromatic amines is 1. The fraction of sp³-hybridized carbons (Fsp3) is 0.500. The largest absolute Gasteiger partial charge is 0.354 e. The third kappa shape index (κ3) is 2.12. The summed E-state index contributed by atoms with van der Waals surface area (Å²) in [6, 6.07) is 0. The summed E-state index contributed by atoms with van der Waals surface area (Å²) < 4.78 is 0. The number of rotatable bonds is 4. The molecule has 1 aromatic heterocycles. The predicted molar refractivity (Wildman–Crippen MR) is 52.6 cm³/mol. The smallest absolute Gasteiger partial charge is 0.322 e. The lowest BCUT2D eigenvalue weighted by Crippen LogP contribution is -2.19. The van der Waals surface area contributed by atoms with Crippen molar-refractivity contribution < 1.29 is 9.72 Å². The van der Waals surface area contributed by atoms with Crippen molar-refractivity contribution in [3.8, 4) is 0 Å². The van der Waals surface area contributed by atoms with E-state index < -0.39 is 10.8 Å². The maximum absolute atomic E-state index is 11.3. The summed E-state index contributed by atoms with van der Waals surface area (Å²) >= 11 is 0. The van der Waals surface area contributed by atoms with Crippen molar-refractivity contribution >= 4 is 11.6 Å². The minimum absolute atomic E-state index is 0.0917. The summed E-state index contributed by atoms with van der Waals surface area (Å²) in [7, 11) is 1.41. The molecule has 15 heavy (non-hydrogen) atoms. The Hall–Kier alpha value is -1.92. The Bertz CT molecular complexity index is 385. The highest BCUT2D eigenvalue weighted by Gasteiger charge is 2.27. The molecule has 2 N–H and O–H groups in total. The lowest BCUT2D eigenvalue weighted by Gasteiger charge is -1.95. The molecule has 1 amide bonds. The zero-order valence-electron chi connectivity index (χ0n) is 8.53. The van der Waals surface area contributed by atoms with Crippen LogP contribution >= 0.6 is 0 Å². The third-order valence-electron chi connectivity index (χ3n) is 1.94. The number of nitrogens with zero attached hydrogens (tertiary/aromatic N) is 2. The van der Waals surface area contributed by atoms with E-state index in [-0.39, 0.29) is 11.4 Å². The zero-order valence-corrected chi connectivity index (χ0v) is 8.53. The standard InChI is InChI=1S/C8H12N4O3/c1-3-4-5-7(12(14)15)6(11-10-5)8(13)9-2/h3-4H2,1-2H3,(H,9,13)(H,10,11). The fourth-order valence-corrected chi connectivity index (χ4v) is 1.26. The molecule has 0 saturated heterocycles. The topological polar surface area (TPSA) is 101 Å². The lowest BCUT2D eigenvalue weighted by atomic mass is 10.2. The second-order valence-corrected chi connectivity index (χ2v) is 2.98. The van der Waals surface area contributed by atoms with E-state index in [1.807, 2.05) is 6.92 Å². The molecule has 1 aromatic rings. The number of amides is 1. The van der Waals surface area contributed by atoms with Crippen molar-refractivity contribution in [2.24, 2.45) is 0 Å². The molecule has 0 spiro atoms. The predicted octanol–water partition coefficient (Wildman–Crippen LogP) is 0.630.